The van der Waals surface area contributed by atoms with Gasteiger partial charge >= 0.3 is 0 Å². The van der Waals surface area contributed by atoms with Crippen molar-refractivity contribution in [3.63, 3.8) is 0 Å². The Morgan fingerprint density at radius 2 is 1.84 bits per heavy atom. The van der Waals surface area contributed by atoms with Gasteiger partial charge in [0, 0.05) is 18.1 Å². The molecule has 0 saturated heterocycles. The van der Waals surface area contributed by atoms with Crippen molar-refractivity contribution in [2.75, 3.05) is 7.11 Å². The number of methoxy groups -OCH3 is 1. The zero-order valence-electron chi connectivity index (χ0n) is 10.7. The van der Waals surface area contributed by atoms with Gasteiger partial charge in [-0.25, -0.2) is 0 Å². The number of fused-ring (bicyclic) bond motifs is 1. The van der Waals surface area contributed by atoms with Crippen LogP contribution in [0.25, 0.3) is 10.9 Å². The van der Waals surface area contributed by atoms with Gasteiger partial charge in [-0.3, -0.25) is 0 Å². The number of benzene rings is 2. The number of aromatic nitrogens is 1. The van der Waals surface area contributed by atoms with E-state index in [0.29, 0.717) is 5.75 Å². The molecule has 3 rings (SSSR count). The first-order valence-corrected chi connectivity index (χ1v) is 6.17. The van der Waals surface area contributed by atoms with E-state index in [4.69, 9.17) is 4.74 Å². The third-order valence-corrected chi connectivity index (χ3v) is 3.28. The summed E-state index contributed by atoms with van der Waals surface area (Å²) in [6.45, 7) is 0.775. The lowest BCUT2D eigenvalue weighted by atomic mass is 10.2. The van der Waals surface area contributed by atoms with E-state index in [1.807, 2.05) is 24.3 Å². The molecule has 1 heterocycles. The molecule has 2 aromatic carbocycles. The van der Waals surface area contributed by atoms with E-state index in [-0.39, 0.29) is 0 Å². The average Bonchev–Trinajstić information content (AvgIpc) is 2.84. The molecule has 0 aliphatic rings. The summed E-state index contributed by atoms with van der Waals surface area (Å²) in [5.74, 6) is 1.18. The van der Waals surface area contributed by atoms with Crippen LogP contribution >= 0.6 is 0 Å². The first-order chi connectivity index (χ1) is 9.28. The molecular weight excluding hydrogens is 238 g/mol. The Balaban J connectivity index is 1.99. The minimum absolute atomic E-state index is 0.294. The molecule has 0 radical (unpaired) electrons. The Labute approximate surface area is 111 Å². The van der Waals surface area contributed by atoms with E-state index < -0.39 is 0 Å². The van der Waals surface area contributed by atoms with Gasteiger partial charge in [0.1, 0.15) is 11.5 Å². The molecule has 0 amide bonds. The minimum Gasteiger partial charge on any atom is -0.508 e. The SMILES string of the molecule is COc1cccc2c1ccn2Cc1ccc(O)cc1. The van der Waals surface area contributed by atoms with Crippen LogP contribution in [0.5, 0.6) is 11.5 Å². The molecule has 0 spiro atoms. The quantitative estimate of drug-likeness (QED) is 0.776. The highest BCUT2D eigenvalue weighted by Gasteiger charge is 2.06. The van der Waals surface area contributed by atoms with Crippen LogP contribution in [0.4, 0.5) is 0 Å². The van der Waals surface area contributed by atoms with Crippen LogP contribution in [0, 0.1) is 0 Å². The molecule has 0 saturated carbocycles. The van der Waals surface area contributed by atoms with Gasteiger partial charge in [0.25, 0.3) is 0 Å². The lowest BCUT2D eigenvalue weighted by Gasteiger charge is -2.07. The second-order valence-electron chi connectivity index (χ2n) is 4.50. The number of hydrogen-bond acceptors (Lipinski definition) is 2. The van der Waals surface area contributed by atoms with Crippen LogP contribution in [0.2, 0.25) is 0 Å². The molecule has 1 N–H and O–H groups in total. The third kappa shape index (κ3) is 2.15. The lowest BCUT2D eigenvalue weighted by molar-refractivity contribution is 0.420. The second-order valence-corrected chi connectivity index (χ2v) is 4.50. The fraction of sp³-hybridized carbons (Fsp3) is 0.125. The third-order valence-electron chi connectivity index (χ3n) is 3.28. The van der Waals surface area contributed by atoms with E-state index in [9.17, 15) is 5.11 Å². The fourth-order valence-electron chi connectivity index (χ4n) is 2.31. The number of ether oxygens (including phenoxy) is 1. The summed E-state index contributed by atoms with van der Waals surface area (Å²) in [5.41, 5.74) is 2.30. The summed E-state index contributed by atoms with van der Waals surface area (Å²) in [4.78, 5) is 0. The average molecular weight is 253 g/mol. The van der Waals surface area contributed by atoms with Crippen molar-refractivity contribution in [1.29, 1.82) is 0 Å². The highest BCUT2D eigenvalue weighted by Crippen LogP contribution is 2.26. The largest absolute Gasteiger partial charge is 0.508 e. The molecule has 0 unspecified atom stereocenters. The minimum atomic E-state index is 0.294. The van der Waals surface area contributed by atoms with Gasteiger partial charge in [-0.05, 0) is 35.9 Å². The van der Waals surface area contributed by atoms with Crippen molar-refractivity contribution in [3.05, 3.63) is 60.3 Å². The Bertz CT molecular complexity index is 698. The Morgan fingerprint density at radius 3 is 2.58 bits per heavy atom. The van der Waals surface area contributed by atoms with Crippen LogP contribution < -0.4 is 4.74 Å². The summed E-state index contributed by atoms with van der Waals surface area (Å²) in [5, 5.41) is 10.4. The van der Waals surface area contributed by atoms with Crippen LogP contribution in [-0.4, -0.2) is 16.8 Å². The molecule has 3 aromatic rings. The normalized spacial score (nSPS) is 10.8. The summed E-state index contributed by atoms with van der Waals surface area (Å²) in [6, 6.07) is 15.4. The summed E-state index contributed by atoms with van der Waals surface area (Å²) in [6.07, 6.45) is 2.06. The van der Waals surface area contributed by atoms with Crippen molar-refractivity contribution in [3.8, 4) is 11.5 Å². The summed E-state index contributed by atoms with van der Waals surface area (Å²) >= 11 is 0. The Hall–Kier alpha value is -2.42. The van der Waals surface area contributed by atoms with Gasteiger partial charge < -0.3 is 14.4 Å². The number of aromatic hydroxyl groups is 1. The van der Waals surface area contributed by atoms with Gasteiger partial charge in [-0.2, -0.15) is 0 Å². The standard InChI is InChI=1S/C16H15NO2/c1-19-16-4-2-3-15-14(16)9-10-17(15)11-12-5-7-13(18)8-6-12/h2-10,18H,11H2,1H3. The molecule has 0 aliphatic carbocycles. The van der Waals surface area contributed by atoms with Gasteiger partial charge in [-0.15, -0.1) is 0 Å². The van der Waals surface area contributed by atoms with Crippen molar-refractivity contribution in [2.24, 2.45) is 0 Å². The van der Waals surface area contributed by atoms with E-state index in [2.05, 4.69) is 22.9 Å². The van der Waals surface area contributed by atoms with Gasteiger partial charge in [0.2, 0.25) is 0 Å². The van der Waals surface area contributed by atoms with Gasteiger partial charge in [-0.1, -0.05) is 18.2 Å². The van der Waals surface area contributed by atoms with Crippen LogP contribution in [0.3, 0.4) is 0 Å². The number of phenols is 1. The number of hydrogen-bond donors (Lipinski definition) is 1. The molecule has 0 aliphatic heterocycles. The monoisotopic (exact) mass is 253 g/mol. The molecule has 3 nitrogen and oxygen atoms in total. The van der Waals surface area contributed by atoms with E-state index >= 15 is 0 Å². The van der Waals surface area contributed by atoms with Crippen molar-refractivity contribution < 1.29 is 9.84 Å². The molecule has 19 heavy (non-hydrogen) atoms. The molecule has 0 bridgehead atoms. The molecule has 0 atom stereocenters. The van der Waals surface area contributed by atoms with Crippen LogP contribution in [0.1, 0.15) is 5.56 Å². The van der Waals surface area contributed by atoms with Gasteiger partial charge in [0.15, 0.2) is 0 Å². The zero-order chi connectivity index (χ0) is 13.2. The zero-order valence-corrected chi connectivity index (χ0v) is 10.7. The summed E-state index contributed by atoms with van der Waals surface area (Å²) in [7, 11) is 1.69. The molecular formula is C16H15NO2. The Kier molecular flexibility index (Phi) is 2.88. The smallest absolute Gasteiger partial charge is 0.128 e. The molecule has 0 fully saturated rings. The summed E-state index contributed by atoms with van der Waals surface area (Å²) < 4.78 is 7.53. The maximum Gasteiger partial charge on any atom is 0.128 e. The van der Waals surface area contributed by atoms with E-state index in [0.717, 1.165) is 28.8 Å². The highest BCUT2D eigenvalue weighted by atomic mass is 16.5. The predicted molar refractivity (Wildman–Crippen MR) is 75.7 cm³/mol. The van der Waals surface area contributed by atoms with Crippen molar-refractivity contribution in [1.82, 2.24) is 4.57 Å². The molecule has 3 heteroatoms. The molecule has 96 valence electrons. The van der Waals surface area contributed by atoms with Crippen LogP contribution in [-0.2, 0) is 6.54 Å². The fourth-order valence-corrected chi connectivity index (χ4v) is 2.31. The number of nitrogens with zero attached hydrogens (tertiary/aromatic N) is 1. The molecule has 1 aromatic heterocycles. The first kappa shape index (κ1) is 11.7. The number of phenolic OH excluding ortho intramolecular Hbond substituents is 1. The second kappa shape index (κ2) is 4.69. The lowest BCUT2D eigenvalue weighted by Crippen LogP contribution is -1.97. The number of rotatable bonds is 3. The van der Waals surface area contributed by atoms with Crippen LogP contribution in [0.15, 0.2) is 54.7 Å². The topological polar surface area (TPSA) is 34.4 Å². The maximum atomic E-state index is 9.30. The van der Waals surface area contributed by atoms with Crippen molar-refractivity contribution in [2.45, 2.75) is 6.54 Å². The van der Waals surface area contributed by atoms with E-state index in [1.165, 1.54) is 0 Å². The first-order valence-electron chi connectivity index (χ1n) is 6.17. The Morgan fingerprint density at radius 1 is 1.05 bits per heavy atom. The van der Waals surface area contributed by atoms with E-state index in [1.54, 1.807) is 19.2 Å². The maximum absolute atomic E-state index is 9.30. The highest BCUT2D eigenvalue weighted by molar-refractivity contribution is 5.86. The predicted octanol–water partition coefficient (Wildman–Crippen LogP) is 3.40. The van der Waals surface area contributed by atoms with Gasteiger partial charge in [0.05, 0.1) is 12.6 Å². The van der Waals surface area contributed by atoms with Crippen molar-refractivity contribution >= 4 is 10.9 Å².